The first-order valence-corrected chi connectivity index (χ1v) is 14.0. The molecule has 11 heteroatoms. The lowest BCUT2D eigenvalue weighted by Gasteiger charge is -2.51. The summed E-state index contributed by atoms with van der Waals surface area (Å²) in [6.07, 6.45) is 0.775. The van der Waals surface area contributed by atoms with E-state index in [-0.39, 0.29) is 42.7 Å². The summed E-state index contributed by atoms with van der Waals surface area (Å²) in [6, 6.07) is 8.96. The summed E-state index contributed by atoms with van der Waals surface area (Å²) in [7, 11) is 0. The number of hydrogen-bond acceptors (Lipinski definition) is 7. The van der Waals surface area contributed by atoms with Crippen LogP contribution in [0.15, 0.2) is 56.7 Å². The minimum Gasteiger partial charge on any atom is -0.502 e. The predicted octanol–water partition coefficient (Wildman–Crippen LogP) is 4.85. The van der Waals surface area contributed by atoms with Crippen molar-refractivity contribution in [3.05, 3.63) is 92.6 Å². The van der Waals surface area contributed by atoms with Crippen molar-refractivity contribution in [2.24, 2.45) is 0 Å². The molecule has 206 valence electrons. The topological polar surface area (TPSA) is 88.2 Å². The highest BCUT2D eigenvalue weighted by atomic mass is 32.2. The van der Waals surface area contributed by atoms with E-state index in [9.17, 15) is 19.1 Å². The molecule has 0 unspecified atom stereocenters. The second kappa shape index (κ2) is 9.10. The average Bonchev–Trinajstić information content (AvgIpc) is 3.32. The van der Waals surface area contributed by atoms with Crippen LogP contribution in [0, 0.1) is 11.6 Å². The second-order valence-corrected chi connectivity index (χ2v) is 11.5. The first kappa shape index (κ1) is 25.2. The Kier molecular flexibility index (Phi) is 5.72. The number of pyridine rings is 1. The summed E-state index contributed by atoms with van der Waals surface area (Å²) >= 11 is 1.37. The molecule has 8 nitrogen and oxygen atoms in total. The summed E-state index contributed by atoms with van der Waals surface area (Å²) in [5.74, 6) is -1.95. The van der Waals surface area contributed by atoms with Crippen LogP contribution < -0.4 is 10.4 Å². The van der Waals surface area contributed by atoms with E-state index in [2.05, 4.69) is 0 Å². The maximum absolute atomic E-state index is 15.5. The van der Waals surface area contributed by atoms with Gasteiger partial charge in [0, 0.05) is 41.4 Å². The zero-order valence-corrected chi connectivity index (χ0v) is 22.5. The monoisotopic (exact) mass is 565 g/mol. The van der Waals surface area contributed by atoms with E-state index in [1.54, 1.807) is 11.0 Å². The van der Waals surface area contributed by atoms with Gasteiger partial charge in [-0.1, -0.05) is 32.0 Å². The zero-order valence-electron chi connectivity index (χ0n) is 21.7. The summed E-state index contributed by atoms with van der Waals surface area (Å²) in [5.41, 5.74) is 1.24. The van der Waals surface area contributed by atoms with Crippen molar-refractivity contribution in [1.82, 2.24) is 9.58 Å². The lowest BCUT2D eigenvalue weighted by molar-refractivity contribution is -0.0197. The molecule has 0 spiro atoms. The van der Waals surface area contributed by atoms with Crippen molar-refractivity contribution in [2.75, 3.05) is 24.8 Å². The number of furan rings is 1. The molecular weight excluding hydrogens is 540 g/mol. The molecule has 0 radical (unpaired) electrons. The van der Waals surface area contributed by atoms with Crippen LogP contribution in [0.3, 0.4) is 0 Å². The van der Waals surface area contributed by atoms with Crippen LogP contribution >= 0.6 is 11.8 Å². The van der Waals surface area contributed by atoms with E-state index >= 15 is 4.39 Å². The quantitative estimate of drug-likeness (QED) is 0.372. The molecule has 1 N–H and O–H groups in total. The van der Waals surface area contributed by atoms with Gasteiger partial charge in [-0.2, -0.15) is 0 Å². The number of rotatable bonds is 2. The van der Waals surface area contributed by atoms with Gasteiger partial charge in [-0.25, -0.2) is 8.78 Å². The number of carbonyl (C=O) groups is 1. The van der Waals surface area contributed by atoms with E-state index in [0.29, 0.717) is 11.1 Å². The Bertz CT molecular complexity index is 1770. The van der Waals surface area contributed by atoms with Crippen LogP contribution in [0.4, 0.5) is 8.78 Å². The smallest absolute Gasteiger partial charge is 0.278 e. The highest BCUT2D eigenvalue weighted by Gasteiger charge is 2.46. The Hall–Kier alpha value is -3.83. The van der Waals surface area contributed by atoms with Crippen LogP contribution in [-0.4, -0.2) is 46.5 Å². The van der Waals surface area contributed by atoms with Gasteiger partial charge in [0.2, 0.25) is 5.43 Å². The van der Waals surface area contributed by atoms with Crippen LogP contribution in [0.25, 0.3) is 11.0 Å². The SMILES string of the molecule is CC(C)c1cc2ccc3c(c2o1)SCc1c(ccc(F)c1F)[C@H]3N1[C@@H]2COCCN2C(=O)c2c(O)c(=O)ccn21. The molecule has 7 rings (SSSR count). The summed E-state index contributed by atoms with van der Waals surface area (Å²) in [4.78, 5) is 28.3. The summed E-state index contributed by atoms with van der Waals surface area (Å²) in [5, 5.41) is 13.5. The number of ether oxygens (including phenoxy) is 1. The molecule has 1 amide bonds. The number of nitrogens with zero attached hydrogens (tertiary/aromatic N) is 3. The van der Waals surface area contributed by atoms with Crippen molar-refractivity contribution in [3.8, 4) is 5.75 Å². The fraction of sp³-hybridized carbons (Fsp3) is 0.310. The van der Waals surface area contributed by atoms with Gasteiger partial charge in [-0.05, 0) is 23.3 Å². The molecule has 40 heavy (non-hydrogen) atoms. The van der Waals surface area contributed by atoms with E-state index in [1.165, 1.54) is 28.7 Å². The molecular formula is C29H25F2N3O5S. The van der Waals surface area contributed by atoms with E-state index in [1.807, 2.05) is 37.1 Å². The van der Waals surface area contributed by atoms with Gasteiger partial charge in [0.25, 0.3) is 5.91 Å². The van der Waals surface area contributed by atoms with Crippen LogP contribution in [-0.2, 0) is 10.5 Å². The lowest BCUT2D eigenvalue weighted by Crippen LogP contribution is -2.66. The number of aromatic nitrogens is 1. The molecule has 5 heterocycles. The molecule has 2 aromatic heterocycles. The minimum absolute atomic E-state index is 0.135. The fourth-order valence-corrected chi connectivity index (χ4v) is 7.12. The molecule has 1 fully saturated rings. The van der Waals surface area contributed by atoms with Crippen LogP contribution in [0.2, 0.25) is 0 Å². The highest BCUT2D eigenvalue weighted by molar-refractivity contribution is 7.98. The Morgan fingerprint density at radius 2 is 1.90 bits per heavy atom. The van der Waals surface area contributed by atoms with Crippen molar-refractivity contribution >= 4 is 28.6 Å². The number of morpholine rings is 1. The molecule has 4 aromatic rings. The van der Waals surface area contributed by atoms with Gasteiger partial charge in [-0.15, -0.1) is 11.8 Å². The van der Waals surface area contributed by atoms with Crippen LogP contribution in [0.1, 0.15) is 58.7 Å². The van der Waals surface area contributed by atoms with E-state index in [4.69, 9.17) is 9.15 Å². The van der Waals surface area contributed by atoms with Gasteiger partial charge < -0.3 is 19.2 Å². The molecule has 3 aliphatic heterocycles. The largest absolute Gasteiger partial charge is 0.502 e. The highest BCUT2D eigenvalue weighted by Crippen LogP contribution is 2.48. The van der Waals surface area contributed by atoms with Crippen molar-refractivity contribution in [3.63, 3.8) is 0 Å². The maximum atomic E-state index is 15.5. The van der Waals surface area contributed by atoms with Gasteiger partial charge in [0.15, 0.2) is 23.1 Å². The van der Waals surface area contributed by atoms with Gasteiger partial charge in [0.1, 0.15) is 17.5 Å². The van der Waals surface area contributed by atoms with Crippen molar-refractivity contribution in [2.45, 2.75) is 42.6 Å². The van der Waals surface area contributed by atoms with Gasteiger partial charge in [-0.3, -0.25) is 19.3 Å². The Morgan fingerprint density at radius 1 is 1.10 bits per heavy atom. The average molecular weight is 566 g/mol. The third kappa shape index (κ3) is 3.53. The number of benzene rings is 2. The third-order valence-corrected chi connectivity index (χ3v) is 9.02. The first-order chi connectivity index (χ1) is 19.3. The summed E-state index contributed by atoms with van der Waals surface area (Å²) in [6.45, 7) is 4.72. The Morgan fingerprint density at radius 3 is 2.70 bits per heavy atom. The molecule has 0 aliphatic carbocycles. The molecule has 2 aromatic carbocycles. The summed E-state index contributed by atoms with van der Waals surface area (Å²) < 4.78 is 43.6. The Balaban J connectivity index is 1.55. The Labute approximate surface area is 231 Å². The number of aromatic hydroxyl groups is 1. The third-order valence-electron chi connectivity index (χ3n) is 7.88. The molecule has 0 saturated carbocycles. The predicted molar refractivity (Wildman–Crippen MR) is 144 cm³/mol. The number of halogens is 2. The lowest BCUT2D eigenvalue weighted by atomic mass is 9.92. The minimum atomic E-state index is -0.951. The second-order valence-electron chi connectivity index (χ2n) is 10.5. The number of thioether (sulfide) groups is 1. The van der Waals surface area contributed by atoms with Crippen molar-refractivity contribution in [1.29, 1.82) is 0 Å². The number of fused-ring (bicyclic) bond motifs is 6. The molecule has 1 saturated heterocycles. The fourth-order valence-electron chi connectivity index (χ4n) is 5.90. The zero-order chi connectivity index (χ0) is 27.9. The van der Waals surface area contributed by atoms with Crippen molar-refractivity contribution < 1.29 is 27.8 Å². The molecule has 0 bridgehead atoms. The maximum Gasteiger partial charge on any atom is 0.278 e. The van der Waals surface area contributed by atoms with Crippen LogP contribution in [0.5, 0.6) is 5.75 Å². The standard InChI is InChI=1S/C29H25F2N3O5S/c1-14(2)21-11-15-3-4-17-24(16-5-6-19(30)23(31)18(16)13-40-28(17)27(15)39-21)34-22-12-38-10-9-32(22)29(37)25-26(36)20(35)7-8-33(25)34/h3-8,11,14,22,24,36H,9-10,12-13H2,1-2H3/t22-,24-/m1/s1. The van der Waals surface area contributed by atoms with Gasteiger partial charge >= 0.3 is 0 Å². The van der Waals surface area contributed by atoms with E-state index < -0.39 is 40.9 Å². The number of amides is 1. The molecule has 2 atom stereocenters. The van der Waals surface area contributed by atoms with Gasteiger partial charge in [0.05, 0.1) is 24.2 Å². The number of carbonyl (C=O) groups excluding carboxylic acids is 1. The first-order valence-electron chi connectivity index (χ1n) is 13.0. The molecule has 3 aliphatic rings. The normalized spacial score (nSPS) is 20.3. The van der Waals surface area contributed by atoms with E-state index in [0.717, 1.165) is 27.7 Å². The number of hydrogen-bond donors (Lipinski definition) is 1.